The van der Waals surface area contributed by atoms with Crippen LogP contribution >= 0.6 is 39.9 Å². The molecule has 5 nitrogen and oxygen atoms in total. The Bertz CT molecular complexity index is 990. The number of nitrogens with zero attached hydrogens (tertiary/aromatic N) is 1. The number of aryl methyl sites for hydroxylation is 1. The van der Waals surface area contributed by atoms with Crippen molar-refractivity contribution < 1.29 is 19.1 Å². The molecule has 0 unspecified atom stereocenters. The third-order valence-electron chi connectivity index (χ3n) is 3.98. The molecule has 0 aromatic heterocycles. The van der Waals surface area contributed by atoms with Gasteiger partial charge in [0.15, 0.2) is 10.9 Å². The number of carbonyl (C=O) groups is 2. The van der Waals surface area contributed by atoms with Crippen LogP contribution in [-0.2, 0) is 14.3 Å². The summed E-state index contributed by atoms with van der Waals surface area (Å²) in [5.74, 6) is -0.0997. The third kappa shape index (κ3) is 4.45. The minimum atomic E-state index is -0.462. The van der Waals surface area contributed by atoms with Crippen molar-refractivity contribution in [2.45, 2.75) is 6.92 Å². The molecule has 1 fully saturated rings. The number of rotatable bonds is 5. The van der Waals surface area contributed by atoms with Gasteiger partial charge in [-0.25, -0.2) is 4.79 Å². The first-order valence-electron chi connectivity index (χ1n) is 8.23. The number of benzene rings is 2. The van der Waals surface area contributed by atoms with E-state index in [9.17, 15) is 9.59 Å². The van der Waals surface area contributed by atoms with E-state index in [1.165, 1.54) is 18.9 Å². The molecule has 8 heteroatoms. The zero-order chi connectivity index (χ0) is 20.3. The number of hydrogen-bond acceptors (Lipinski definition) is 6. The van der Waals surface area contributed by atoms with Crippen molar-refractivity contribution in [1.82, 2.24) is 0 Å². The first-order chi connectivity index (χ1) is 13.4. The molecule has 0 atom stereocenters. The Morgan fingerprint density at radius 1 is 1.29 bits per heavy atom. The van der Waals surface area contributed by atoms with Gasteiger partial charge in [-0.2, -0.15) is 0 Å². The molecular weight excluding hydrogens is 462 g/mol. The second kappa shape index (κ2) is 8.89. The fourth-order valence-electron chi connectivity index (χ4n) is 2.56. The number of carbonyl (C=O) groups excluding carboxylic acids is 2. The van der Waals surface area contributed by atoms with Gasteiger partial charge in [0.1, 0.15) is 5.75 Å². The van der Waals surface area contributed by atoms with Crippen LogP contribution in [0.3, 0.4) is 0 Å². The first kappa shape index (κ1) is 20.6. The van der Waals surface area contributed by atoms with Crippen LogP contribution in [0.1, 0.15) is 11.1 Å². The summed E-state index contributed by atoms with van der Waals surface area (Å²) in [6.07, 6.45) is 1.78. The fourth-order valence-corrected chi connectivity index (χ4v) is 4.36. The number of amides is 1. The first-order valence-corrected chi connectivity index (χ1v) is 10.2. The Morgan fingerprint density at radius 2 is 2.04 bits per heavy atom. The number of methoxy groups -OCH3 is 1. The highest BCUT2D eigenvalue weighted by molar-refractivity contribution is 9.10. The minimum absolute atomic E-state index is 0.147. The summed E-state index contributed by atoms with van der Waals surface area (Å²) < 4.78 is 11.1. The van der Waals surface area contributed by atoms with Gasteiger partial charge in [0, 0.05) is 0 Å². The van der Waals surface area contributed by atoms with Crippen LogP contribution in [0.4, 0.5) is 5.69 Å². The average molecular weight is 478 g/mol. The molecule has 0 bridgehead atoms. The lowest BCUT2D eigenvalue weighted by molar-refractivity contribution is -0.142. The van der Waals surface area contributed by atoms with Crippen LogP contribution in [0.25, 0.3) is 6.08 Å². The summed E-state index contributed by atoms with van der Waals surface area (Å²) >= 11 is 10.1. The van der Waals surface area contributed by atoms with Gasteiger partial charge in [0.25, 0.3) is 5.91 Å². The highest BCUT2D eigenvalue weighted by atomic mass is 79.9. The predicted molar refractivity (Wildman–Crippen MR) is 118 cm³/mol. The molecule has 1 aliphatic rings. The van der Waals surface area contributed by atoms with Gasteiger partial charge < -0.3 is 9.47 Å². The quantitative estimate of drug-likeness (QED) is 0.352. The van der Waals surface area contributed by atoms with Crippen molar-refractivity contribution in [2.75, 3.05) is 18.6 Å². The van der Waals surface area contributed by atoms with Crippen LogP contribution < -0.4 is 9.64 Å². The highest BCUT2D eigenvalue weighted by Crippen LogP contribution is 2.37. The third-order valence-corrected chi connectivity index (χ3v) is 5.90. The molecule has 144 valence electrons. The van der Waals surface area contributed by atoms with Crippen molar-refractivity contribution in [3.8, 4) is 5.75 Å². The summed E-state index contributed by atoms with van der Waals surface area (Å²) in [6, 6.07) is 13.0. The Kier molecular flexibility index (Phi) is 6.53. The summed E-state index contributed by atoms with van der Waals surface area (Å²) in [7, 11) is 1.30. The summed E-state index contributed by atoms with van der Waals surface area (Å²) in [5, 5.41) is 0. The Balaban J connectivity index is 1.81. The van der Waals surface area contributed by atoms with Gasteiger partial charge in [0.05, 0.1) is 22.2 Å². The lowest BCUT2D eigenvalue weighted by Gasteiger charge is -2.16. The Labute approximate surface area is 180 Å². The van der Waals surface area contributed by atoms with Gasteiger partial charge in [0.2, 0.25) is 0 Å². The average Bonchev–Trinajstić information content (AvgIpc) is 2.94. The monoisotopic (exact) mass is 477 g/mol. The maximum absolute atomic E-state index is 12.9. The molecule has 3 rings (SSSR count). The topological polar surface area (TPSA) is 55.8 Å². The standard InChI is InChI=1S/C20H16BrNO4S2/c1-12-5-3-4-6-15(12)22-19(24)17(28-20(22)27)10-13-7-8-16(14(21)9-13)26-11-18(23)25-2/h3-10H,11H2,1-2H3. The molecule has 0 spiro atoms. The van der Waals surface area contributed by atoms with Crippen LogP contribution in [0, 0.1) is 6.92 Å². The van der Waals surface area contributed by atoms with Crippen molar-refractivity contribution in [3.63, 3.8) is 0 Å². The number of halogens is 1. The van der Waals surface area contributed by atoms with E-state index in [0.717, 1.165) is 16.8 Å². The smallest absolute Gasteiger partial charge is 0.343 e. The molecule has 2 aromatic carbocycles. The number of hydrogen-bond donors (Lipinski definition) is 0. The number of thiocarbonyl (C=S) groups is 1. The normalized spacial score (nSPS) is 15.2. The molecule has 0 radical (unpaired) electrons. The van der Waals surface area contributed by atoms with E-state index in [2.05, 4.69) is 20.7 Å². The fraction of sp³-hybridized carbons (Fsp3) is 0.150. The van der Waals surface area contributed by atoms with Crippen LogP contribution in [0.5, 0.6) is 5.75 Å². The number of para-hydroxylation sites is 1. The zero-order valence-corrected chi connectivity index (χ0v) is 18.3. The molecule has 1 saturated heterocycles. The lowest BCUT2D eigenvalue weighted by Crippen LogP contribution is -2.28. The summed E-state index contributed by atoms with van der Waals surface area (Å²) in [5.41, 5.74) is 2.58. The van der Waals surface area contributed by atoms with Crippen molar-refractivity contribution in [2.24, 2.45) is 0 Å². The Hall–Kier alpha value is -2.16. The van der Waals surface area contributed by atoms with E-state index in [4.69, 9.17) is 17.0 Å². The second-order valence-corrected chi connectivity index (χ2v) is 8.39. The van der Waals surface area contributed by atoms with E-state index in [-0.39, 0.29) is 12.5 Å². The van der Waals surface area contributed by atoms with E-state index < -0.39 is 5.97 Å². The molecular formula is C20H16BrNO4S2. The molecule has 1 amide bonds. The Morgan fingerprint density at radius 3 is 2.71 bits per heavy atom. The van der Waals surface area contributed by atoms with Gasteiger partial charge >= 0.3 is 5.97 Å². The molecule has 0 N–H and O–H groups in total. The predicted octanol–water partition coefficient (Wildman–Crippen LogP) is 4.72. The molecule has 1 aliphatic heterocycles. The molecule has 0 aliphatic carbocycles. The number of anilines is 1. The van der Waals surface area contributed by atoms with Crippen LogP contribution in [0.2, 0.25) is 0 Å². The maximum atomic E-state index is 12.9. The van der Waals surface area contributed by atoms with E-state index >= 15 is 0 Å². The van der Waals surface area contributed by atoms with Gasteiger partial charge in [-0.05, 0) is 58.3 Å². The van der Waals surface area contributed by atoms with Crippen LogP contribution in [-0.4, -0.2) is 29.9 Å². The summed E-state index contributed by atoms with van der Waals surface area (Å²) in [6.45, 7) is 1.77. The second-order valence-electron chi connectivity index (χ2n) is 5.86. The number of thioether (sulfide) groups is 1. The molecule has 0 saturated carbocycles. The molecule has 1 heterocycles. The highest BCUT2D eigenvalue weighted by Gasteiger charge is 2.33. The van der Waals surface area contributed by atoms with Crippen molar-refractivity contribution in [3.05, 3.63) is 63.0 Å². The zero-order valence-electron chi connectivity index (χ0n) is 15.1. The van der Waals surface area contributed by atoms with E-state index in [0.29, 0.717) is 19.4 Å². The van der Waals surface area contributed by atoms with Crippen molar-refractivity contribution in [1.29, 1.82) is 0 Å². The van der Waals surface area contributed by atoms with Crippen molar-refractivity contribution >= 4 is 67.9 Å². The molecule has 2 aromatic rings. The molecule has 28 heavy (non-hydrogen) atoms. The summed E-state index contributed by atoms with van der Waals surface area (Å²) in [4.78, 5) is 26.2. The van der Waals surface area contributed by atoms with E-state index in [1.54, 1.807) is 23.1 Å². The maximum Gasteiger partial charge on any atom is 0.343 e. The van der Waals surface area contributed by atoms with Gasteiger partial charge in [-0.1, -0.05) is 48.2 Å². The number of esters is 1. The minimum Gasteiger partial charge on any atom is -0.481 e. The van der Waals surface area contributed by atoms with E-state index in [1.807, 2.05) is 37.3 Å². The SMILES string of the molecule is COC(=O)COc1ccc(C=C2SC(=S)N(c3ccccc3C)C2=O)cc1Br. The van der Waals surface area contributed by atoms with Gasteiger partial charge in [-0.15, -0.1) is 0 Å². The lowest BCUT2D eigenvalue weighted by atomic mass is 10.1. The number of ether oxygens (including phenoxy) is 2. The largest absolute Gasteiger partial charge is 0.481 e. The van der Waals surface area contributed by atoms with Crippen LogP contribution in [0.15, 0.2) is 51.8 Å². The van der Waals surface area contributed by atoms with Gasteiger partial charge in [-0.3, -0.25) is 9.69 Å².